The van der Waals surface area contributed by atoms with E-state index in [1.54, 1.807) is 18.9 Å². The van der Waals surface area contributed by atoms with Gasteiger partial charge in [-0.25, -0.2) is 4.79 Å². The summed E-state index contributed by atoms with van der Waals surface area (Å²) in [6.07, 6.45) is -0.266. The van der Waals surface area contributed by atoms with Crippen molar-refractivity contribution in [2.75, 3.05) is 52.9 Å². The molecule has 0 unspecified atom stereocenters. The topological polar surface area (TPSA) is 86.3 Å². The SMILES string of the molecule is CCNC(=O)C(C)(C)CNC(=NC)N1CCN(C(=O)OCC)CC1.I. The van der Waals surface area contributed by atoms with Crippen molar-refractivity contribution in [1.29, 1.82) is 0 Å². The maximum Gasteiger partial charge on any atom is 0.409 e. The third-order valence-electron chi connectivity index (χ3n) is 3.96. The summed E-state index contributed by atoms with van der Waals surface area (Å²) >= 11 is 0. The largest absolute Gasteiger partial charge is 0.450 e. The Hall–Kier alpha value is -1.26. The normalized spacial score (nSPS) is 15.3. The van der Waals surface area contributed by atoms with E-state index in [0.29, 0.717) is 45.9 Å². The van der Waals surface area contributed by atoms with Crippen LogP contribution < -0.4 is 10.6 Å². The van der Waals surface area contributed by atoms with Gasteiger partial charge in [-0.1, -0.05) is 0 Å². The molecule has 0 atom stereocenters. The van der Waals surface area contributed by atoms with Crippen molar-refractivity contribution in [2.45, 2.75) is 27.7 Å². The molecule has 0 aromatic rings. The molecule has 2 N–H and O–H groups in total. The van der Waals surface area contributed by atoms with Gasteiger partial charge in [0.2, 0.25) is 5.91 Å². The van der Waals surface area contributed by atoms with Crippen LogP contribution in [0.1, 0.15) is 27.7 Å². The molecule has 0 saturated carbocycles. The van der Waals surface area contributed by atoms with Crippen molar-refractivity contribution < 1.29 is 14.3 Å². The smallest absolute Gasteiger partial charge is 0.409 e. The van der Waals surface area contributed by atoms with Crippen LogP contribution in [-0.2, 0) is 9.53 Å². The van der Waals surface area contributed by atoms with E-state index in [1.807, 2.05) is 20.8 Å². The molecule has 2 amide bonds. The van der Waals surface area contributed by atoms with Crippen molar-refractivity contribution in [3.63, 3.8) is 0 Å². The standard InChI is InChI=1S/C16H31N5O3.HI/c1-6-18-13(22)16(3,4)12-19-14(17-5)20-8-10-21(11-9-20)15(23)24-7-2;/h6-12H2,1-5H3,(H,17,19)(H,18,22);1H. The molecule has 0 aromatic carbocycles. The summed E-state index contributed by atoms with van der Waals surface area (Å²) in [5, 5.41) is 6.12. The fourth-order valence-electron chi connectivity index (χ4n) is 2.43. The van der Waals surface area contributed by atoms with E-state index in [-0.39, 0.29) is 36.0 Å². The molecule has 1 heterocycles. The average molecular weight is 469 g/mol. The predicted molar refractivity (Wildman–Crippen MR) is 109 cm³/mol. The molecule has 8 nitrogen and oxygen atoms in total. The van der Waals surface area contributed by atoms with Crippen LogP contribution in [0.4, 0.5) is 4.79 Å². The van der Waals surface area contributed by atoms with Crippen molar-refractivity contribution in [2.24, 2.45) is 10.4 Å². The monoisotopic (exact) mass is 469 g/mol. The second kappa shape index (κ2) is 11.4. The van der Waals surface area contributed by atoms with Crippen molar-refractivity contribution in [1.82, 2.24) is 20.4 Å². The van der Waals surface area contributed by atoms with Crippen LogP contribution in [0.3, 0.4) is 0 Å². The number of carbonyl (C=O) groups excluding carboxylic acids is 2. The number of carbonyl (C=O) groups is 2. The Morgan fingerprint density at radius 2 is 1.64 bits per heavy atom. The van der Waals surface area contributed by atoms with E-state index in [0.717, 1.165) is 5.96 Å². The molecule has 1 saturated heterocycles. The van der Waals surface area contributed by atoms with Crippen LogP contribution in [-0.4, -0.2) is 80.7 Å². The summed E-state index contributed by atoms with van der Waals surface area (Å²) < 4.78 is 5.02. The maximum absolute atomic E-state index is 12.1. The van der Waals surface area contributed by atoms with E-state index >= 15 is 0 Å². The molecule has 1 aliphatic heterocycles. The molecule has 0 spiro atoms. The molecule has 25 heavy (non-hydrogen) atoms. The number of hydrogen-bond donors (Lipinski definition) is 2. The van der Waals surface area contributed by atoms with E-state index in [9.17, 15) is 9.59 Å². The first-order chi connectivity index (χ1) is 11.4. The highest BCUT2D eigenvalue weighted by molar-refractivity contribution is 14.0. The molecule has 0 aromatic heterocycles. The number of nitrogens with zero attached hydrogens (tertiary/aromatic N) is 3. The number of rotatable bonds is 5. The van der Waals surface area contributed by atoms with Gasteiger partial charge in [-0.3, -0.25) is 9.79 Å². The van der Waals surface area contributed by atoms with Gasteiger partial charge in [0.05, 0.1) is 12.0 Å². The van der Waals surface area contributed by atoms with Crippen molar-refractivity contribution >= 4 is 41.9 Å². The van der Waals surface area contributed by atoms with Crippen LogP contribution in [0.5, 0.6) is 0 Å². The van der Waals surface area contributed by atoms with Crippen LogP contribution >= 0.6 is 24.0 Å². The van der Waals surface area contributed by atoms with E-state index < -0.39 is 5.41 Å². The van der Waals surface area contributed by atoms with Crippen LogP contribution in [0, 0.1) is 5.41 Å². The Kier molecular flexibility index (Phi) is 10.8. The molecular formula is C16H32IN5O3. The van der Waals surface area contributed by atoms with Crippen molar-refractivity contribution in [3.05, 3.63) is 0 Å². The highest BCUT2D eigenvalue weighted by Crippen LogP contribution is 2.14. The summed E-state index contributed by atoms with van der Waals surface area (Å²) in [6.45, 7) is 11.6. The van der Waals surface area contributed by atoms with Gasteiger partial charge in [0.25, 0.3) is 0 Å². The second-order valence-electron chi connectivity index (χ2n) is 6.32. The Morgan fingerprint density at radius 3 is 2.12 bits per heavy atom. The summed E-state index contributed by atoms with van der Waals surface area (Å²) in [5.41, 5.74) is -0.529. The number of guanidine groups is 1. The number of halogens is 1. The molecule has 0 aliphatic carbocycles. The lowest BCUT2D eigenvalue weighted by molar-refractivity contribution is -0.128. The minimum atomic E-state index is -0.529. The summed E-state index contributed by atoms with van der Waals surface area (Å²) in [4.78, 5) is 31.9. The maximum atomic E-state index is 12.1. The van der Waals surface area contributed by atoms with Gasteiger partial charge in [-0.2, -0.15) is 0 Å². The minimum absolute atomic E-state index is 0. The lowest BCUT2D eigenvalue weighted by atomic mass is 9.92. The van der Waals surface area contributed by atoms with Crippen LogP contribution in [0.2, 0.25) is 0 Å². The predicted octanol–water partition coefficient (Wildman–Crippen LogP) is 1.12. The zero-order valence-corrected chi connectivity index (χ0v) is 18.3. The molecular weight excluding hydrogens is 437 g/mol. The van der Waals surface area contributed by atoms with Crippen LogP contribution in [0.15, 0.2) is 4.99 Å². The Labute approximate surface area is 167 Å². The minimum Gasteiger partial charge on any atom is -0.450 e. The van der Waals surface area contributed by atoms with E-state index in [2.05, 4.69) is 20.5 Å². The molecule has 1 rings (SSSR count). The highest BCUT2D eigenvalue weighted by atomic mass is 127. The van der Waals surface area contributed by atoms with Gasteiger partial charge in [-0.05, 0) is 27.7 Å². The molecule has 0 bridgehead atoms. The number of hydrogen-bond acceptors (Lipinski definition) is 4. The van der Waals surface area contributed by atoms with Gasteiger partial charge < -0.3 is 25.2 Å². The number of amides is 2. The average Bonchev–Trinajstić information content (AvgIpc) is 2.56. The molecule has 9 heteroatoms. The van der Waals surface area contributed by atoms with E-state index in [1.165, 1.54) is 0 Å². The quantitative estimate of drug-likeness (QED) is 0.358. The first kappa shape index (κ1) is 23.7. The molecule has 146 valence electrons. The van der Waals surface area contributed by atoms with Crippen LogP contribution in [0.25, 0.3) is 0 Å². The van der Waals surface area contributed by atoms with Gasteiger partial charge in [0, 0.05) is 46.3 Å². The van der Waals surface area contributed by atoms with Gasteiger partial charge >= 0.3 is 6.09 Å². The van der Waals surface area contributed by atoms with Gasteiger partial charge in [0.1, 0.15) is 0 Å². The summed E-state index contributed by atoms with van der Waals surface area (Å²) in [7, 11) is 1.72. The first-order valence-electron chi connectivity index (χ1n) is 8.51. The Bertz CT molecular complexity index is 463. The second-order valence-corrected chi connectivity index (χ2v) is 6.32. The van der Waals surface area contributed by atoms with Gasteiger partial charge in [0.15, 0.2) is 5.96 Å². The number of nitrogens with one attached hydrogen (secondary N) is 2. The molecule has 0 radical (unpaired) electrons. The number of ether oxygens (including phenoxy) is 1. The Balaban J connectivity index is 0.00000576. The first-order valence-corrected chi connectivity index (χ1v) is 8.51. The van der Waals surface area contributed by atoms with E-state index in [4.69, 9.17) is 4.74 Å². The zero-order valence-electron chi connectivity index (χ0n) is 15.9. The zero-order chi connectivity index (χ0) is 18.2. The summed E-state index contributed by atoms with van der Waals surface area (Å²) in [6, 6.07) is 0. The van der Waals surface area contributed by atoms with Crippen molar-refractivity contribution in [3.8, 4) is 0 Å². The number of piperazine rings is 1. The fraction of sp³-hybridized carbons (Fsp3) is 0.812. The Morgan fingerprint density at radius 1 is 1.08 bits per heavy atom. The summed E-state index contributed by atoms with van der Waals surface area (Å²) in [5.74, 6) is 0.760. The molecule has 1 fully saturated rings. The lowest BCUT2D eigenvalue weighted by Crippen LogP contribution is -2.55. The third kappa shape index (κ3) is 7.25. The highest BCUT2D eigenvalue weighted by Gasteiger charge is 2.29. The third-order valence-corrected chi connectivity index (χ3v) is 3.96. The van der Waals surface area contributed by atoms with Gasteiger partial charge in [-0.15, -0.1) is 24.0 Å². The lowest BCUT2D eigenvalue weighted by Gasteiger charge is -2.36. The number of aliphatic imine (C=N–C) groups is 1. The fourth-order valence-corrected chi connectivity index (χ4v) is 2.43. The molecule has 1 aliphatic rings.